The van der Waals surface area contributed by atoms with E-state index in [0.29, 0.717) is 41.8 Å². The van der Waals surface area contributed by atoms with Crippen LogP contribution < -0.4 is 15.3 Å². The van der Waals surface area contributed by atoms with Crippen molar-refractivity contribution in [1.82, 2.24) is 19.6 Å². The van der Waals surface area contributed by atoms with Gasteiger partial charge in [0.15, 0.2) is 5.82 Å². The number of ether oxygens (including phenoxy) is 2. The lowest BCUT2D eigenvalue weighted by molar-refractivity contribution is -0.149. The summed E-state index contributed by atoms with van der Waals surface area (Å²) in [4.78, 5) is 21.8. The molecule has 13 heteroatoms. The molecule has 0 aliphatic carbocycles. The molecule has 0 unspecified atom stereocenters. The van der Waals surface area contributed by atoms with Crippen molar-refractivity contribution in [2.24, 2.45) is 0 Å². The normalized spacial score (nSPS) is 15.2. The van der Waals surface area contributed by atoms with Crippen LogP contribution in [-0.2, 0) is 35.7 Å². The van der Waals surface area contributed by atoms with Crippen LogP contribution in [-0.4, -0.2) is 51.0 Å². The number of pyridine rings is 1. The molecule has 12 nitrogen and oxygen atoms in total. The Bertz CT molecular complexity index is 1610. The van der Waals surface area contributed by atoms with Gasteiger partial charge in [0.05, 0.1) is 23.7 Å². The van der Waals surface area contributed by atoms with Crippen LogP contribution in [0.2, 0.25) is 0 Å². The van der Waals surface area contributed by atoms with E-state index in [4.69, 9.17) is 29.2 Å². The largest absolute Gasteiger partial charge is 0.462 e. The number of aliphatic hydroxyl groups is 1. The molecule has 0 saturated heterocycles. The number of nitrogen functional groups attached to an aromatic ring is 1. The first kappa shape index (κ1) is 33.4. The van der Waals surface area contributed by atoms with E-state index in [1.807, 2.05) is 38.1 Å². The Morgan fingerprint density at radius 2 is 1.77 bits per heavy atom. The number of esters is 1. The van der Waals surface area contributed by atoms with Crippen molar-refractivity contribution in [3.63, 3.8) is 0 Å². The number of nitrogens with zero attached hydrogens (tertiary/aromatic N) is 3. The van der Waals surface area contributed by atoms with Crippen LogP contribution in [0.1, 0.15) is 59.7 Å². The molecule has 0 saturated carbocycles. The molecule has 3 atom stereocenters. The summed E-state index contributed by atoms with van der Waals surface area (Å²) in [6.45, 7) is 9.16. The molecule has 4 N–H and O–H groups in total. The lowest BCUT2D eigenvalue weighted by atomic mass is 10.0. The third kappa shape index (κ3) is 7.75. The van der Waals surface area contributed by atoms with Crippen LogP contribution in [0.5, 0.6) is 5.75 Å². The summed E-state index contributed by atoms with van der Waals surface area (Å²) >= 11 is 0. The van der Waals surface area contributed by atoms with Crippen molar-refractivity contribution >= 4 is 41.5 Å². The van der Waals surface area contributed by atoms with E-state index in [-0.39, 0.29) is 37.3 Å². The summed E-state index contributed by atoms with van der Waals surface area (Å²) in [7, 11) is -4.14. The summed E-state index contributed by atoms with van der Waals surface area (Å²) in [5.74, 6) is 0.379. The number of benzene rings is 2. The highest BCUT2D eigenvalue weighted by Gasteiger charge is 2.37. The van der Waals surface area contributed by atoms with Crippen LogP contribution in [0, 0.1) is 0 Å². The fraction of sp³-hybridized carbons (Fsp3) is 0.452. The van der Waals surface area contributed by atoms with Gasteiger partial charge >= 0.3 is 13.7 Å². The van der Waals surface area contributed by atoms with E-state index in [0.717, 1.165) is 5.39 Å². The van der Waals surface area contributed by atoms with Gasteiger partial charge < -0.3 is 24.8 Å². The summed E-state index contributed by atoms with van der Waals surface area (Å²) in [5, 5.41) is 15.8. The molecular formula is C31H42N5O7P. The SMILES string of the molecule is CCC[C@](O)(CCO[P@@](=O)(N[C@@H](C)C(=O)OC(C)C)Oc1ccccc1)n1c(COCC)nc2c(N)nc3ccccc3c21. The highest BCUT2D eigenvalue weighted by atomic mass is 31.2. The Morgan fingerprint density at radius 3 is 2.45 bits per heavy atom. The van der Waals surface area contributed by atoms with Crippen molar-refractivity contribution in [1.29, 1.82) is 0 Å². The second kappa shape index (κ2) is 14.5. The zero-order valence-electron chi connectivity index (χ0n) is 25.9. The highest BCUT2D eigenvalue weighted by Crippen LogP contribution is 2.46. The third-order valence-electron chi connectivity index (χ3n) is 6.88. The predicted molar refractivity (Wildman–Crippen MR) is 169 cm³/mol. The molecule has 4 rings (SSSR count). The number of aromatic nitrogens is 3. The Morgan fingerprint density at radius 1 is 1.07 bits per heavy atom. The number of carbonyl (C=O) groups excluding carboxylic acids is 1. The third-order valence-corrected chi connectivity index (χ3v) is 8.56. The average Bonchev–Trinajstić information content (AvgIpc) is 3.37. The number of rotatable bonds is 16. The smallest absolute Gasteiger partial charge is 0.459 e. The van der Waals surface area contributed by atoms with Gasteiger partial charge in [-0.15, -0.1) is 0 Å². The van der Waals surface area contributed by atoms with Crippen molar-refractivity contribution in [2.45, 2.75) is 78.4 Å². The molecule has 2 aromatic carbocycles. The van der Waals surface area contributed by atoms with Crippen LogP contribution in [0.4, 0.5) is 5.82 Å². The number of carbonyl (C=O) groups is 1. The lowest BCUT2D eigenvalue weighted by Crippen LogP contribution is -2.38. The molecular weight excluding hydrogens is 585 g/mol. The molecule has 2 aromatic heterocycles. The molecule has 238 valence electrons. The summed E-state index contributed by atoms with van der Waals surface area (Å²) < 4.78 is 38.5. The average molecular weight is 628 g/mol. The number of hydrogen-bond acceptors (Lipinski definition) is 10. The number of anilines is 1. The van der Waals surface area contributed by atoms with E-state index in [2.05, 4.69) is 10.1 Å². The molecule has 0 aliphatic rings. The van der Waals surface area contributed by atoms with Crippen molar-refractivity contribution in [3.8, 4) is 5.75 Å². The maximum atomic E-state index is 14.0. The minimum absolute atomic E-state index is 0.00335. The quantitative estimate of drug-likeness (QED) is 0.104. The fourth-order valence-electron chi connectivity index (χ4n) is 5.00. The lowest BCUT2D eigenvalue weighted by Gasteiger charge is -2.33. The van der Waals surface area contributed by atoms with Gasteiger partial charge in [0.1, 0.15) is 35.5 Å². The molecule has 0 bridgehead atoms. The monoisotopic (exact) mass is 627 g/mol. The van der Waals surface area contributed by atoms with Crippen molar-refractivity contribution in [3.05, 3.63) is 60.4 Å². The summed E-state index contributed by atoms with van der Waals surface area (Å²) in [5.41, 5.74) is 6.52. The molecule has 2 heterocycles. The standard InChI is InChI=1S/C31H42N5O7P/c1-6-17-31(38,36-26(20-40-7-2)34-27-28(36)24-15-11-12-16-25(24)33-29(27)32)18-19-41-44(39,43-23-13-9-8-10-14-23)35-22(5)30(37)42-21(3)4/h8-16,21-22,38H,6-7,17-20H2,1-5H3,(H2,32,33)(H,35,39)/t22-,31-,44-/m0/s1. The minimum atomic E-state index is -4.14. The van der Waals surface area contributed by atoms with Gasteiger partial charge in [-0.3, -0.25) is 13.9 Å². The van der Waals surface area contributed by atoms with Crippen molar-refractivity contribution in [2.75, 3.05) is 18.9 Å². The first-order chi connectivity index (χ1) is 21.0. The number of fused-ring (bicyclic) bond motifs is 3. The van der Waals surface area contributed by atoms with Gasteiger partial charge in [0.2, 0.25) is 0 Å². The van der Waals surface area contributed by atoms with Gasteiger partial charge in [-0.05, 0) is 52.3 Å². The second-order valence-electron chi connectivity index (χ2n) is 10.8. The Kier molecular flexibility index (Phi) is 11.0. The van der Waals surface area contributed by atoms with Gasteiger partial charge in [-0.25, -0.2) is 14.5 Å². The zero-order chi connectivity index (χ0) is 31.9. The topological polar surface area (TPSA) is 160 Å². The van der Waals surface area contributed by atoms with Crippen LogP contribution in [0.25, 0.3) is 21.9 Å². The Labute approximate surface area is 257 Å². The van der Waals surface area contributed by atoms with Crippen LogP contribution in [0.3, 0.4) is 0 Å². The number of hydrogen-bond donors (Lipinski definition) is 3. The Balaban J connectivity index is 1.70. The molecule has 0 spiro atoms. The zero-order valence-corrected chi connectivity index (χ0v) is 26.8. The Hall–Kier alpha value is -3.54. The molecule has 0 amide bonds. The first-order valence-electron chi connectivity index (χ1n) is 14.8. The highest BCUT2D eigenvalue weighted by molar-refractivity contribution is 7.52. The van der Waals surface area contributed by atoms with Gasteiger partial charge in [0, 0.05) is 18.4 Å². The molecule has 44 heavy (non-hydrogen) atoms. The second-order valence-corrected chi connectivity index (χ2v) is 12.5. The van der Waals surface area contributed by atoms with Gasteiger partial charge in [-0.2, -0.15) is 5.09 Å². The van der Waals surface area contributed by atoms with E-state index < -0.39 is 25.5 Å². The predicted octanol–water partition coefficient (Wildman–Crippen LogP) is 5.67. The van der Waals surface area contributed by atoms with E-state index in [1.54, 1.807) is 48.7 Å². The fourth-order valence-corrected chi connectivity index (χ4v) is 6.49. The number of imidazole rings is 1. The minimum Gasteiger partial charge on any atom is -0.462 e. The number of nitrogens with one attached hydrogen (secondary N) is 1. The van der Waals surface area contributed by atoms with Gasteiger partial charge in [-0.1, -0.05) is 49.7 Å². The van der Waals surface area contributed by atoms with E-state index in [1.165, 1.54) is 6.92 Å². The molecule has 0 fully saturated rings. The maximum absolute atomic E-state index is 14.0. The van der Waals surface area contributed by atoms with E-state index >= 15 is 0 Å². The molecule has 4 aromatic rings. The molecule has 0 radical (unpaired) electrons. The molecule has 0 aliphatic heterocycles. The van der Waals surface area contributed by atoms with E-state index in [9.17, 15) is 14.5 Å². The number of para-hydroxylation sites is 2. The van der Waals surface area contributed by atoms with Crippen LogP contribution >= 0.6 is 7.75 Å². The van der Waals surface area contributed by atoms with Gasteiger partial charge in [0.25, 0.3) is 0 Å². The van der Waals surface area contributed by atoms with Crippen molar-refractivity contribution < 1.29 is 33.0 Å². The van der Waals surface area contributed by atoms with Crippen LogP contribution in [0.15, 0.2) is 54.6 Å². The summed E-state index contributed by atoms with van der Waals surface area (Å²) in [6.07, 6.45) is 0.557. The first-order valence-corrected chi connectivity index (χ1v) is 16.4. The summed E-state index contributed by atoms with van der Waals surface area (Å²) in [6, 6.07) is 15.0. The maximum Gasteiger partial charge on any atom is 0.459 e. The number of nitrogens with two attached hydrogens (primary N) is 1.